The standard InChI is InChI=1S/C17H25BrN2O3/c1-17(2,3)23-16(21)19-12-8-9-20(10-12)11-13-14(18)6-5-7-15(13)22-4/h5-7,12H,8-11H2,1-4H3,(H,19,21). The van der Waals surface area contributed by atoms with Crippen LogP contribution in [-0.4, -0.2) is 42.8 Å². The van der Waals surface area contributed by atoms with Crippen LogP contribution in [0.1, 0.15) is 32.8 Å². The molecule has 1 aromatic carbocycles. The van der Waals surface area contributed by atoms with E-state index in [4.69, 9.17) is 9.47 Å². The predicted octanol–water partition coefficient (Wildman–Crippen LogP) is 3.56. The molecule has 1 aliphatic heterocycles. The number of ether oxygens (including phenoxy) is 2. The molecule has 0 radical (unpaired) electrons. The number of halogens is 1. The lowest BCUT2D eigenvalue weighted by Gasteiger charge is -2.22. The third-order valence-electron chi connectivity index (χ3n) is 3.67. The van der Waals surface area contributed by atoms with Crippen molar-refractivity contribution in [3.63, 3.8) is 0 Å². The first-order valence-electron chi connectivity index (χ1n) is 7.82. The number of hydrogen-bond donors (Lipinski definition) is 1. The van der Waals surface area contributed by atoms with Gasteiger partial charge in [0.05, 0.1) is 7.11 Å². The van der Waals surface area contributed by atoms with Crippen LogP contribution in [0.3, 0.4) is 0 Å². The van der Waals surface area contributed by atoms with Crippen molar-refractivity contribution < 1.29 is 14.3 Å². The lowest BCUT2D eigenvalue weighted by molar-refractivity contribution is 0.0505. The van der Waals surface area contributed by atoms with Crippen LogP contribution in [0.2, 0.25) is 0 Å². The predicted molar refractivity (Wildman–Crippen MR) is 93.7 cm³/mol. The summed E-state index contributed by atoms with van der Waals surface area (Å²) >= 11 is 3.59. The fraction of sp³-hybridized carbons (Fsp3) is 0.588. The topological polar surface area (TPSA) is 50.8 Å². The summed E-state index contributed by atoms with van der Waals surface area (Å²) in [5, 5.41) is 2.95. The number of carbonyl (C=O) groups excluding carboxylic acids is 1. The van der Waals surface area contributed by atoms with Crippen LogP contribution >= 0.6 is 15.9 Å². The van der Waals surface area contributed by atoms with Crippen LogP contribution in [0, 0.1) is 0 Å². The molecule has 1 aromatic rings. The molecule has 0 aromatic heterocycles. The molecular weight excluding hydrogens is 360 g/mol. The second kappa shape index (κ2) is 7.53. The van der Waals surface area contributed by atoms with Gasteiger partial charge in [-0.25, -0.2) is 4.79 Å². The number of alkyl carbamates (subject to hydrolysis) is 1. The number of rotatable bonds is 4. The first-order chi connectivity index (χ1) is 10.8. The highest BCUT2D eigenvalue weighted by atomic mass is 79.9. The van der Waals surface area contributed by atoms with E-state index in [0.29, 0.717) is 0 Å². The molecule has 0 spiro atoms. The molecule has 0 bridgehead atoms. The third-order valence-corrected chi connectivity index (χ3v) is 4.41. The summed E-state index contributed by atoms with van der Waals surface area (Å²) in [5.74, 6) is 0.878. The van der Waals surface area contributed by atoms with Gasteiger partial charge in [-0.2, -0.15) is 0 Å². The molecule has 0 aliphatic carbocycles. The van der Waals surface area contributed by atoms with Crippen LogP contribution in [0.4, 0.5) is 4.79 Å². The summed E-state index contributed by atoms with van der Waals surface area (Å²) in [4.78, 5) is 14.2. The van der Waals surface area contributed by atoms with E-state index >= 15 is 0 Å². The molecule has 1 atom stereocenters. The summed E-state index contributed by atoms with van der Waals surface area (Å²) in [7, 11) is 1.68. The Kier molecular flexibility index (Phi) is 5.92. The van der Waals surface area contributed by atoms with Crippen molar-refractivity contribution in [2.45, 2.75) is 45.4 Å². The molecule has 1 aliphatic rings. The summed E-state index contributed by atoms with van der Waals surface area (Å²) in [5.41, 5.74) is 0.665. The number of likely N-dealkylation sites (tertiary alicyclic amines) is 1. The van der Waals surface area contributed by atoms with Crippen LogP contribution < -0.4 is 10.1 Å². The average Bonchev–Trinajstić information content (AvgIpc) is 2.86. The van der Waals surface area contributed by atoms with E-state index in [1.54, 1.807) is 7.11 Å². The Balaban J connectivity index is 1.90. The maximum absolute atomic E-state index is 11.9. The molecule has 1 N–H and O–H groups in total. The second-order valence-electron chi connectivity index (χ2n) is 6.79. The Bertz CT molecular complexity index is 557. The van der Waals surface area contributed by atoms with Crippen molar-refractivity contribution >= 4 is 22.0 Å². The lowest BCUT2D eigenvalue weighted by Crippen LogP contribution is -2.40. The minimum atomic E-state index is -0.468. The van der Waals surface area contributed by atoms with E-state index in [-0.39, 0.29) is 12.1 Å². The minimum absolute atomic E-state index is 0.123. The van der Waals surface area contributed by atoms with E-state index in [1.807, 2.05) is 39.0 Å². The van der Waals surface area contributed by atoms with Crippen LogP contribution in [-0.2, 0) is 11.3 Å². The highest BCUT2D eigenvalue weighted by Gasteiger charge is 2.27. The average molecular weight is 385 g/mol. The summed E-state index contributed by atoms with van der Waals surface area (Å²) in [6, 6.07) is 6.07. The van der Waals surface area contributed by atoms with Crippen molar-refractivity contribution in [3.05, 3.63) is 28.2 Å². The van der Waals surface area contributed by atoms with E-state index in [2.05, 4.69) is 26.1 Å². The summed E-state index contributed by atoms with van der Waals surface area (Å²) in [6.45, 7) is 8.14. The molecular formula is C17H25BrN2O3. The van der Waals surface area contributed by atoms with Crippen molar-refractivity contribution in [2.24, 2.45) is 0 Å². The first-order valence-corrected chi connectivity index (χ1v) is 8.61. The Morgan fingerprint density at radius 2 is 2.17 bits per heavy atom. The monoisotopic (exact) mass is 384 g/mol. The number of carbonyl (C=O) groups is 1. The van der Waals surface area contributed by atoms with Gasteiger partial charge >= 0.3 is 6.09 Å². The number of nitrogens with one attached hydrogen (secondary N) is 1. The van der Waals surface area contributed by atoms with Crippen molar-refractivity contribution in [1.29, 1.82) is 0 Å². The van der Waals surface area contributed by atoms with Crippen molar-refractivity contribution in [1.82, 2.24) is 10.2 Å². The molecule has 5 nitrogen and oxygen atoms in total. The van der Waals surface area contributed by atoms with Gasteiger partial charge in [0.15, 0.2) is 0 Å². The summed E-state index contributed by atoms with van der Waals surface area (Å²) in [6.07, 6.45) is 0.578. The Hall–Kier alpha value is -1.27. The van der Waals surface area contributed by atoms with E-state index < -0.39 is 5.60 Å². The molecule has 1 heterocycles. The van der Waals surface area contributed by atoms with Gasteiger partial charge < -0.3 is 14.8 Å². The van der Waals surface area contributed by atoms with Crippen molar-refractivity contribution in [3.8, 4) is 5.75 Å². The molecule has 23 heavy (non-hydrogen) atoms. The smallest absolute Gasteiger partial charge is 0.407 e. The third kappa shape index (κ3) is 5.39. The van der Waals surface area contributed by atoms with E-state index in [9.17, 15) is 4.79 Å². The maximum Gasteiger partial charge on any atom is 0.407 e. The quantitative estimate of drug-likeness (QED) is 0.861. The van der Waals surface area contributed by atoms with Crippen LogP contribution in [0.25, 0.3) is 0 Å². The minimum Gasteiger partial charge on any atom is -0.496 e. The Morgan fingerprint density at radius 3 is 2.83 bits per heavy atom. The van der Waals surface area contributed by atoms with Gasteiger partial charge in [0.1, 0.15) is 11.4 Å². The zero-order valence-electron chi connectivity index (χ0n) is 14.2. The fourth-order valence-corrected chi connectivity index (χ4v) is 3.15. The zero-order chi connectivity index (χ0) is 17.0. The molecule has 1 fully saturated rings. The molecule has 2 rings (SSSR count). The van der Waals surface area contributed by atoms with Gasteiger partial charge in [-0.1, -0.05) is 22.0 Å². The lowest BCUT2D eigenvalue weighted by atomic mass is 10.2. The number of methoxy groups -OCH3 is 1. The number of hydrogen-bond acceptors (Lipinski definition) is 4. The SMILES string of the molecule is COc1cccc(Br)c1CN1CCC(NC(=O)OC(C)(C)C)C1. The molecule has 128 valence electrons. The van der Waals surface area contributed by atoms with E-state index in [1.165, 1.54) is 0 Å². The second-order valence-corrected chi connectivity index (χ2v) is 7.64. The van der Waals surface area contributed by atoms with Gasteiger partial charge in [0.2, 0.25) is 0 Å². The van der Waals surface area contributed by atoms with Crippen molar-refractivity contribution in [2.75, 3.05) is 20.2 Å². The number of amides is 1. The van der Waals surface area contributed by atoms with Gasteiger partial charge in [-0.3, -0.25) is 4.90 Å². The van der Waals surface area contributed by atoms with Crippen LogP contribution in [0.15, 0.2) is 22.7 Å². The van der Waals surface area contributed by atoms with Crippen LogP contribution in [0.5, 0.6) is 5.75 Å². The normalized spacial score (nSPS) is 18.7. The molecule has 1 unspecified atom stereocenters. The van der Waals surface area contributed by atoms with Gasteiger partial charge in [-0.05, 0) is 39.3 Å². The first kappa shape index (κ1) is 18.1. The molecule has 1 saturated heterocycles. The van der Waals surface area contributed by atoms with E-state index in [0.717, 1.165) is 41.8 Å². The largest absolute Gasteiger partial charge is 0.496 e. The highest BCUT2D eigenvalue weighted by Crippen LogP contribution is 2.29. The molecule has 1 amide bonds. The number of nitrogens with zero attached hydrogens (tertiary/aromatic N) is 1. The molecule has 6 heteroatoms. The van der Waals surface area contributed by atoms with Gasteiger partial charge in [0.25, 0.3) is 0 Å². The Labute approximate surface area is 146 Å². The highest BCUT2D eigenvalue weighted by molar-refractivity contribution is 9.10. The zero-order valence-corrected chi connectivity index (χ0v) is 15.8. The van der Waals surface area contributed by atoms with Gasteiger partial charge in [0, 0.05) is 35.7 Å². The Morgan fingerprint density at radius 1 is 1.43 bits per heavy atom. The summed E-state index contributed by atoms with van der Waals surface area (Å²) < 4.78 is 11.8. The fourth-order valence-electron chi connectivity index (χ4n) is 2.68. The van der Waals surface area contributed by atoms with Gasteiger partial charge in [-0.15, -0.1) is 0 Å². The molecule has 0 saturated carbocycles. The maximum atomic E-state index is 11.9. The number of benzene rings is 1.